The molecule has 0 bridgehead atoms. The first-order valence-corrected chi connectivity index (χ1v) is 11.0. The van der Waals surface area contributed by atoms with Crippen LogP contribution in [0.5, 0.6) is 5.75 Å². The Labute approximate surface area is 181 Å². The molecular weight excluding hydrogens is 400 g/mol. The van der Waals surface area contributed by atoms with Crippen LogP contribution < -0.4 is 26.2 Å². The SMILES string of the molecule is CCOc1ccc(CC2NNC(SCC(=O)Nc3ccc(C)c(C)c3)NC2=O)cc1. The van der Waals surface area contributed by atoms with Crippen LogP contribution >= 0.6 is 11.8 Å². The quantitative estimate of drug-likeness (QED) is 0.516. The Hall–Kier alpha value is -2.55. The standard InChI is InChI=1S/C22H28N4O3S/c1-4-29-18-9-6-16(7-10-18)12-19-21(28)24-22(26-25-19)30-13-20(27)23-17-8-5-14(2)15(3)11-17/h5-11,19,22,25-26H,4,12-13H2,1-3H3,(H,23,27)(H,24,28). The van der Waals surface area contributed by atoms with Crippen LogP contribution in [-0.2, 0) is 16.0 Å². The maximum absolute atomic E-state index is 12.4. The zero-order valence-electron chi connectivity index (χ0n) is 17.5. The molecule has 1 aliphatic rings. The van der Waals surface area contributed by atoms with Crippen molar-refractivity contribution in [3.8, 4) is 5.75 Å². The minimum absolute atomic E-state index is 0.102. The molecule has 8 heteroatoms. The van der Waals surface area contributed by atoms with Gasteiger partial charge in [0.05, 0.1) is 12.4 Å². The van der Waals surface area contributed by atoms with Crippen molar-refractivity contribution in [3.63, 3.8) is 0 Å². The lowest BCUT2D eigenvalue weighted by Gasteiger charge is -2.31. The van der Waals surface area contributed by atoms with Gasteiger partial charge in [0.2, 0.25) is 11.8 Å². The first-order valence-electron chi connectivity index (χ1n) is 9.96. The number of hydrazine groups is 1. The van der Waals surface area contributed by atoms with E-state index in [0.29, 0.717) is 13.0 Å². The molecule has 1 saturated heterocycles. The summed E-state index contributed by atoms with van der Waals surface area (Å²) < 4.78 is 5.44. The van der Waals surface area contributed by atoms with Gasteiger partial charge in [0.1, 0.15) is 17.3 Å². The zero-order valence-corrected chi connectivity index (χ0v) is 18.3. The summed E-state index contributed by atoms with van der Waals surface area (Å²) in [7, 11) is 0. The van der Waals surface area contributed by atoms with Crippen LogP contribution in [0.1, 0.15) is 23.6 Å². The van der Waals surface area contributed by atoms with Gasteiger partial charge in [-0.15, -0.1) is 11.8 Å². The second kappa shape index (κ2) is 10.5. The molecule has 1 heterocycles. The molecule has 2 amide bonds. The summed E-state index contributed by atoms with van der Waals surface area (Å²) in [5.74, 6) is 0.817. The lowest BCUT2D eigenvalue weighted by atomic mass is 10.1. The van der Waals surface area contributed by atoms with Crippen LogP contribution in [0.15, 0.2) is 42.5 Å². The topological polar surface area (TPSA) is 91.5 Å². The van der Waals surface area contributed by atoms with E-state index in [1.165, 1.54) is 17.3 Å². The van der Waals surface area contributed by atoms with Gasteiger partial charge >= 0.3 is 0 Å². The van der Waals surface area contributed by atoms with Crippen LogP contribution in [0.25, 0.3) is 0 Å². The molecule has 2 unspecified atom stereocenters. The molecule has 1 fully saturated rings. The third kappa shape index (κ3) is 6.22. The number of thioether (sulfide) groups is 1. The number of hydrogen-bond acceptors (Lipinski definition) is 6. The molecule has 160 valence electrons. The predicted octanol–water partition coefficient (Wildman–Crippen LogP) is 2.49. The van der Waals surface area contributed by atoms with E-state index in [0.717, 1.165) is 22.6 Å². The molecule has 4 N–H and O–H groups in total. The van der Waals surface area contributed by atoms with E-state index in [1.807, 2.05) is 63.2 Å². The molecule has 0 saturated carbocycles. The molecule has 0 aliphatic carbocycles. The van der Waals surface area contributed by atoms with Crippen molar-refractivity contribution in [1.29, 1.82) is 0 Å². The molecule has 1 aliphatic heterocycles. The monoisotopic (exact) mass is 428 g/mol. The Morgan fingerprint density at radius 1 is 1.10 bits per heavy atom. The molecule has 2 aromatic rings. The first kappa shape index (κ1) is 22.1. The minimum Gasteiger partial charge on any atom is -0.494 e. The molecule has 0 radical (unpaired) electrons. The van der Waals surface area contributed by atoms with E-state index in [2.05, 4.69) is 21.5 Å². The number of ether oxygens (including phenoxy) is 1. The lowest BCUT2D eigenvalue weighted by Crippen LogP contribution is -2.64. The third-order valence-electron chi connectivity index (χ3n) is 4.82. The fourth-order valence-electron chi connectivity index (χ4n) is 3.03. The zero-order chi connectivity index (χ0) is 21.5. The summed E-state index contributed by atoms with van der Waals surface area (Å²) in [6.45, 7) is 6.61. The van der Waals surface area contributed by atoms with Crippen molar-refractivity contribution in [2.24, 2.45) is 0 Å². The van der Waals surface area contributed by atoms with E-state index in [9.17, 15) is 9.59 Å². The number of aryl methyl sites for hydroxylation is 2. The van der Waals surface area contributed by atoms with E-state index < -0.39 is 0 Å². The summed E-state index contributed by atoms with van der Waals surface area (Å²) >= 11 is 1.32. The highest BCUT2D eigenvalue weighted by atomic mass is 32.2. The largest absolute Gasteiger partial charge is 0.494 e. The van der Waals surface area contributed by atoms with Crippen molar-refractivity contribution in [3.05, 3.63) is 59.2 Å². The molecule has 0 aromatic heterocycles. The molecular formula is C22H28N4O3S. The predicted molar refractivity (Wildman–Crippen MR) is 120 cm³/mol. The number of rotatable bonds is 8. The first-order chi connectivity index (χ1) is 14.4. The number of hydrogen-bond donors (Lipinski definition) is 4. The highest BCUT2D eigenvalue weighted by molar-refractivity contribution is 8.00. The fraction of sp³-hybridized carbons (Fsp3) is 0.364. The number of carbonyl (C=O) groups excluding carboxylic acids is 2. The molecule has 2 aromatic carbocycles. The third-order valence-corrected chi connectivity index (χ3v) is 5.82. The summed E-state index contributed by atoms with van der Waals surface area (Å²) in [6.07, 6.45) is 0.551. The number of anilines is 1. The van der Waals surface area contributed by atoms with Gasteiger partial charge in [-0.2, -0.15) is 0 Å². The molecule has 7 nitrogen and oxygen atoms in total. The number of amides is 2. The Kier molecular flexibility index (Phi) is 7.73. The normalized spacial score (nSPS) is 18.6. The van der Waals surface area contributed by atoms with Gasteiger partial charge in [0.25, 0.3) is 0 Å². The minimum atomic E-state index is -0.385. The average molecular weight is 429 g/mol. The molecule has 0 spiro atoms. The highest BCUT2D eigenvalue weighted by Crippen LogP contribution is 2.17. The Morgan fingerprint density at radius 3 is 2.53 bits per heavy atom. The van der Waals surface area contributed by atoms with Crippen LogP contribution in [0.4, 0.5) is 5.69 Å². The van der Waals surface area contributed by atoms with E-state index in [1.54, 1.807) is 0 Å². The van der Waals surface area contributed by atoms with Gasteiger partial charge in [-0.05, 0) is 68.1 Å². The van der Waals surface area contributed by atoms with Crippen LogP contribution in [0.3, 0.4) is 0 Å². The number of carbonyl (C=O) groups is 2. The van der Waals surface area contributed by atoms with E-state index in [-0.39, 0.29) is 29.1 Å². The van der Waals surface area contributed by atoms with Gasteiger partial charge < -0.3 is 15.4 Å². The molecule has 2 atom stereocenters. The van der Waals surface area contributed by atoms with Gasteiger partial charge in [0.15, 0.2) is 0 Å². The fourth-order valence-corrected chi connectivity index (χ4v) is 3.78. The summed E-state index contributed by atoms with van der Waals surface area (Å²) in [5, 5.41) is 5.78. The van der Waals surface area contributed by atoms with Gasteiger partial charge in [-0.25, -0.2) is 10.9 Å². The van der Waals surface area contributed by atoms with Crippen molar-refractivity contribution in [2.45, 2.75) is 38.7 Å². The summed E-state index contributed by atoms with van der Waals surface area (Å²) in [4.78, 5) is 24.6. The second-order valence-electron chi connectivity index (χ2n) is 7.17. The maximum atomic E-state index is 12.4. The van der Waals surface area contributed by atoms with Crippen molar-refractivity contribution in [1.82, 2.24) is 16.2 Å². The van der Waals surface area contributed by atoms with E-state index in [4.69, 9.17) is 4.74 Å². The highest BCUT2D eigenvalue weighted by Gasteiger charge is 2.27. The number of benzene rings is 2. The molecule has 30 heavy (non-hydrogen) atoms. The average Bonchev–Trinajstić information content (AvgIpc) is 2.72. The van der Waals surface area contributed by atoms with Crippen molar-refractivity contribution in [2.75, 3.05) is 17.7 Å². The number of nitrogens with one attached hydrogen (secondary N) is 4. The summed E-state index contributed by atoms with van der Waals surface area (Å²) in [5.41, 5.74) is 9.86. The summed E-state index contributed by atoms with van der Waals surface area (Å²) in [6, 6.07) is 13.2. The van der Waals surface area contributed by atoms with Crippen molar-refractivity contribution < 1.29 is 14.3 Å². The van der Waals surface area contributed by atoms with Crippen molar-refractivity contribution >= 4 is 29.3 Å². The Morgan fingerprint density at radius 2 is 1.87 bits per heavy atom. The second-order valence-corrected chi connectivity index (χ2v) is 8.26. The molecule has 3 rings (SSSR count). The Bertz CT molecular complexity index is 888. The van der Waals surface area contributed by atoms with Crippen LogP contribution in [0, 0.1) is 13.8 Å². The van der Waals surface area contributed by atoms with Gasteiger partial charge in [0, 0.05) is 5.69 Å². The van der Waals surface area contributed by atoms with Crippen LogP contribution in [-0.4, -0.2) is 35.7 Å². The maximum Gasteiger partial charge on any atom is 0.240 e. The van der Waals surface area contributed by atoms with Gasteiger partial charge in [-0.1, -0.05) is 18.2 Å². The Balaban J connectivity index is 1.43. The van der Waals surface area contributed by atoms with Gasteiger partial charge in [-0.3, -0.25) is 9.59 Å². The smallest absolute Gasteiger partial charge is 0.240 e. The lowest BCUT2D eigenvalue weighted by molar-refractivity contribution is -0.125. The van der Waals surface area contributed by atoms with E-state index >= 15 is 0 Å². The van der Waals surface area contributed by atoms with Crippen LogP contribution in [0.2, 0.25) is 0 Å².